The quantitative estimate of drug-likeness (QED) is 0.791. The monoisotopic (exact) mass is 341 g/mol. The van der Waals surface area contributed by atoms with Crippen LogP contribution in [0.5, 0.6) is 5.75 Å². The zero-order chi connectivity index (χ0) is 18.1. The molecule has 0 aliphatic rings. The highest BCUT2D eigenvalue weighted by Gasteiger charge is 2.21. The number of pyridine rings is 1. The van der Waals surface area contributed by atoms with Crippen LogP contribution in [0.1, 0.15) is 5.56 Å². The van der Waals surface area contributed by atoms with E-state index in [9.17, 15) is 14.0 Å². The number of ether oxygens (including phenoxy) is 1. The van der Waals surface area contributed by atoms with Crippen molar-refractivity contribution in [3.8, 4) is 34.2 Å². The Morgan fingerprint density at radius 2 is 2.04 bits per heavy atom. The third kappa shape index (κ3) is 2.76. The second kappa shape index (κ2) is 6.20. The highest BCUT2D eigenvalue weighted by molar-refractivity contribution is 5.80. The van der Waals surface area contributed by atoms with E-state index < -0.39 is 17.4 Å². The van der Waals surface area contributed by atoms with Crippen molar-refractivity contribution in [2.75, 3.05) is 12.8 Å². The van der Waals surface area contributed by atoms with E-state index in [0.29, 0.717) is 11.3 Å². The van der Waals surface area contributed by atoms with Crippen molar-refractivity contribution >= 4 is 5.82 Å². The molecule has 3 rings (SSSR count). The van der Waals surface area contributed by atoms with Gasteiger partial charge in [0.15, 0.2) is 17.4 Å². The van der Waals surface area contributed by atoms with Crippen LogP contribution in [-0.2, 0) is 7.05 Å². The van der Waals surface area contributed by atoms with Gasteiger partial charge in [-0.1, -0.05) is 0 Å². The number of nitrogens with two attached hydrogens (primary N) is 1. The first-order chi connectivity index (χ1) is 12.0. The minimum Gasteiger partial charge on any atom is -0.491 e. The summed E-state index contributed by atoms with van der Waals surface area (Å²) >= 11 is 0. The molecule has 2 aromatic heterocycles. The lowest BCUT2D eigenvalue weighted by Crippen LogP contribution is -2.02. The van der Waals surface area contributed by atoms with Gasteiger partial charge in [-0.2, -0.15) is 10.4 Å². The second-order valence-corrected chi connectivity index (χ2v) is 5.27. The summed E-state index contributed by atoms with van der Waals surface area (Å²) in [4.78, 5) is 4.18. The molecular formula is C17H13F2N5O. The number of benzene rings is 1. The standard InChI is InChI=1S/C17H13F2N5O/c1-24-8-9(7-22-24)14-5-11(12(6-20)17(21)23-14)10-3-4-13(18)16(25-2)15(10)19/h3-5,7-8H,1-2H3,(H2,21,23). The molecule has 0 aliphatic heterocycles. The molecular weight excluding hydrogens is 328 g/mol. The smallest absolute Gasteiger partial charge is 0.191 e. The van der Waals surface area contributed by atoms with E-state index in [-0.39, 0.29) is 22.5 Å². The summed E-state index contributed by atoms with van der Waals surface area (Å²) < 4.78 is 34.7. The molecule has 2 N–H and O–H groups in total. The van der Waals surface area contributed by atoms with Gasteiger partial charge in [0.25, 0.3) is 0 Å². The minimum absolute atomic E-state index is 0.000187. The van der Waals surface area contributed by atoms with Gasteiger partial charge in [-0.3, -0.25) is 4.68 Å². The van der Waals surface area contributed by atoms with E-state index in [1.165, 1.54) is 19.2 Å². The van der Waals surface area contributed by atoms with Crippen LogP contribution in [0, 0.1) is 23.0 Å². The number of nitrogen functional groups attached to an aromatic ring is 1. The largest absolute Gasteiger partial charge is 0.491 e. The first-order valence-corrected chi connectivity index (χ1v) is 7.18. The van der Waals surface area contributed by atoms with Crippen molar-refractivity contribution in [3.05, 3.63) is 47.8 Å². The maximum absolute atomic E-state index is 14.7. The summed E-state index contributed by atoms with van der Waals surface area (Å²) in [7, 11) is 2.90. The predicted octanol–water partition coefficient (Wildman–Crippen LogP) is 2.89. The van der Waals surface area contributed by atoms with Gasteiger partial charge in [-0.25, -0.2) is 13.8 Å². The Bertz CT molecular complexity index is 1010. The summed E-state index contributed by atoms with van der Waals surface area (Å²) in [6.45, 7) is 0. The van der Waals surface area contributed by atoms with Crippen LogP contribution in [0.3, 0.4) is 0 Å². The molecule has 2 heterocycles. The number of hydrogen-bond donors (Lipinski definition) is 1. The molecule has 0 spiro atoms. The van der Waals surface area contributed by atoms with Gasteiger partial charge < -0.3 is 10.5 Å². The van der Waals surface area contributed by atoms with Crippen LogP contribution in [0.15, 0.2) is 30.6 Å². The van der Waals surface area contributed by atoms with Crippen LogP contribution in [-0.4, -0.2) is 21.9 Å². The number of aromatic nitrogens is 3. The van der Waals surface area contributed by atoms with E-state index in [1.807, 2.05) is 6.07 Å². The van der Waals surface area contributed by atoms with E-state index >= 15 is 0 Å². The molecule has 0 radical (unpaired) electrons. The van der Waals surface area contributed by atoms with Crippen molar-refractivity contribution in [1.82, 2.24) is 14.8 Å². The molecule has 0 fully saturated rings. The average molecular weight is 341 g/mol. The van der Waals surface area contributed by atoms with Crippen molar-refractivity contribution in [1.29, 1.82) is 5.26 Å². The summed E-state index contributed by atoms with van der Waals surface area (Å²) in [5, 5.41) is 13.4. The van der Waals surface area contributed by atoms with Gasteiger partial charge in [0.2, 0.25) is 0 Å². The van der Waals surface area contributed by atoms with Gasteiger partial charge in [0.05, 0.1) is 19.0 Å². The summed E-state index contributed by atoms with van der Waals surface area (Å²) in [6, 6.07) is 5.73. The Morgan fingerprint density at radius 3 is 2.64 bits per heavy atom. The van der Waals surface area contributed by atoms with Gasteiger partial charge in [-0.15, -0.1) is 0 Å². The molecule has 126 valence electrons. The van der Waals surface area contributed by atoms with Crippen LogP contribution in [0.2, 0.25) is 0 Å². The van der Waals surface area contributed by atoms with Crippen LogP contribution < -0.4 is 10.5 Å². The molecule has 0 atom stereocenters. The van der Waals surface area contributed by atoms with Crippen LogP contribution >= 0.6 is 0 Å². The van der Waals surface area contributed by atoms with E-state index in [2.05, 4.69) is 10.1 Å². The lowest BCUT2D eigenvalue weighted by Gasteiger charge is -2.12. The first-order valence-electron chi connectivity index (χ1n) is 7.18. The molecule has 0 aliphatic carbocycles. The number of rotatable bonds is 3. The maximum Gasteiger partial charge on any atom is 0.191 e. The fraction of sp³-hybridized carbons (Fsp3) is 0.118. The molecule has 0 saturated heterocycles. The zero-order valence-electron chi connectivity index (χ0n) is 13.4. The number of nitrogens with zero attached hydrogens (tertiary/aromatic N) is 4. The molecule has 6 nitrogen and oxygen atoms in total. The van der Waals surface area contributed by atoms with Gasteiger partial charge in [-0.05, 0) is 18.2 Å². The third-order valence-electron chi connectivity index (χ3n) is 3.70. The third-order valence-corrected chi connectivity index (χ3v) is 3.70. The Hall–Kier alpha value is -3.47. The number of methoxy groups -OCH3 is 1. The molecule has 3 aromatic rings. The number of nitriles is 1. The number of halogens is 2. The Labute approximate surface area is 142 Å². The number of hydrogen-bond acceptors (Lipinski definition) is 5. The Morgan fingerprint density at radius 1 is 1.28 bits per heavy atom. The molecule has 0 amide bonds. The fourth-order valence-electron chi connectivity index (χ4n) is 2.52. The minimum atomic E-state index is -0.915. The lowest BCUT2D eigenvalue weighted by molar-refractivity contribution is 0.360. The van der Waals surface area contributed by atoms with Gasteiger partial charge in [0.1, 0.15) is 17.5 Å². The summed E-state index contributed by atoms with van der Waals surface area (Å²) in [5.41, 5.74) is 7.14. The van der Waals surface area contributed by atoms with Crippen molar-refractivity contribution in [3.63, 3.8) is 0 Å². The van der Waals surface area contributed by atoms with Gasteiger partial charge >= 0.3 is 0 Å². The van der Waals surface area contributed by atoms with Crippen molar-refractivity contribution in [2.24, 2.45) is 7.05 Å². The fourth-order valence-corrected chi connectivity index (χ4v) is 2.52. The predicted molar refractivity (Wildman–Crippen MR) is 87.5 cm³/mol. The number of aryl methyl sites for hydroxylation is 1. The molecule has 0 unspecified atom stereocenters. The summed E-state index contributed by atoms with van der Waals surface area (Å²) in [5.74, 6) is -2.33. The van der Waals surface area contributed by atoms with E-state index in [4.69, 9.17) is 10.5 Å². The molecule has 0 saturated carbocycles. The Balaban J connectivity index is 2.29. The lowest BCUT2D eigenvalue weighted by atomic mass is 9.98. The Kier molecular flexibility index (Phi) is 4.07. The van der Waals surface area contributed by atoms with E-state index in [1.54, 1.807) is 24.1 Å². The second-order valence-electron chi connectivity index (χ2n) is 5.27. The topological polar surface area (TPSA) is 89.8 Å². The van der Waals surface area contributed by atoms with Gasteiger partial charge in [0, 0.05) is 29.9 Å². The molecule has 0 bridgehead atoms. The first kappa shape index (κ1) is 16.4. The SMILES string of the molecule is COc1c(F)ccc(-c2cc(-c3cnn(C)c3)nc(N)c2C#N)c1F. The average Bonchev–Trinajstić information content (AvgIpc) is 3.01. The van der Waals surface area contributed by atoms with Crippen LogP contribution in [0.4, 0.5) is 14.6 Å². The summed E-state index contributed by atoms with van der Waals surface area (Å²) in [6.07, 6.45) is 3.28. The molecule has 25 heavy (non-hydrogen) atoms. The number of anilines is 1. The molecule has 1 aromatic carbocycles. The van der Waals surface area contributed by atoms with Crippen LogP contribution in [0.25, 0.3) is 22.4 Å². The normalized spacial score (nSPS) is 10.5. The highest BCUT2D eigenvalue weighted by atomic mass is 19.1. The van der Waals surface area contributed by atoms with Crippen molar-refractivity contribution < 1.29 is 13.5 Å². The highest BCUT2D eigenvalue weighted by Crippen LogP contribution is 2.36. The maximum atomic E-state index is 14.7. The zero-order valence-corrected chi connectivity index (χ0v) is 13.4. The van der Waals surface area contributed by atoms with E-state index in [0.717, 1.165) is 6.07 Å². The molecule has 8 heteroatoms. The van der Waals surface area contributed by atoms with Crippen molar-refractivity contribution in [2.45, 2.75) is 0 Å².